The Morgan fingerprint density at radius 2 is 1.88 bits per heavy atom. The first-order valence-electron chi connectivity index (χ1n) is 8.67. The Bertz CT molecular complexity index is 603. The molecule has 1 aliphatic rings. The first-order chi connectivity index (χ1) is 11.9. The Morgan fingerprint density at radius 3 is 2.44 bits per heavy atom. The van der Waals surface area contributed by atoms with Gasteiger partial charge in [-0.15, -0.1) is 0 Å². The number of carboxylic acids is 1. The van der Waals surface area contributed by atoms with Crippen LogP contribution in [0.3, 0.4) is 0 Å². The summed E-state index contributed by atoms with van der Waals surface area (Å²) in [5.74, 6) is -1.38. The third kappa shape index (κ3) is 4.92. The number of nitrogens with zero attached hydrogens (tertiary/aromatic N) is 2. The fraction of sp³-hybridized carbons (Fsp3) is 0.556. The summed E-state index contributed by atoms with van der Waals surface area (Å²) in [7, 11) is 0. The zero-order valence-corrected chi connectivity index (χ0v) is 14.7. The molecule has 0 unspecified atom stereocenters. The van der Waals surface area contributed by atoms with E-state index in [1.165, 1.54) is 6.07 Å². The van der Waals surface area contributed by atoms with Crippen LogP contribution in [0.15, 0.2) is 24.3 Å². The molecule has 1 heterocycles. The van der Waals surface area contributed by atoms with Crippen LogP contribution in [0.5, 0.6) is 0 Å². The summed E-state index contributed by atoms with van der Waals surface area (Å²) in [6, 6.07) is 5.88. The van der Waals surface area contributed by atoms with Gasteiger partial charge in [0.2, 0.25) is 5.91 Å². The quantitative estimate of drug-likeness (QED) is 0.780. The predicted molar refractivity (Wildman–Crippen MR) is 94.1 cm³/mol. The van der Waals surface area contributed by atoms with Gasteiger partial charge in [-0.1, -0.05) is 32.4 Å². The zero-order valence-electron chi connectivity index (χ0n) is 14.7. The van der Waals surface area contributed by atoms with Crippen molar-refractivity contribution in [2.24, 2.45) is 5.92 Å². The SMILES string of the molecule is CC[C@H](C)[C@H](NCC(=O)N1CCN(c2ccccc2F)CC1)C(=O)O. The summed E-state index contributed by atoms with van der Waals surface area (Å²) in [5, 5.41) is 12.1. The third-order valence-electron chi connectivity index (χ3n) is 4.78. The average Bonchev–Trinajstić information content (AvgIpc) is 2.61. The van der Waals surface area contributed by atoms with Crippen LogP contribution in [-0.2, 0) is 9.59 Å². The molecule has 1 aromatic rings. The van der Waals surface area contributed by atoms with Gasteiger partial charge in [0.15, 0.2) is 0 Å². The van der Waals surface area contributed by atoms with Crippen molar-refractivity contribution >= 4 is 17.6 Å². The van der Waals surface area contributed by atoms with Crippen LogP contribution in [0.1, 0.15) is 20.3 Å². The van der Waals surface area contributed by atoms with Gasteiger partial charge < -0.3 is 14.9 Å². The number of halogens is 1. The van der Waals surface area contributed by atoms with Crippen LogP contribution in [0.2, 0.25) is 0 Å². The highest BCUT2D eigenvalue weighted by Crippen LogP contribution is 2.20. The molecule has 138 valence electrons. The van der Waals surface area contributed by atoms with Crippen LogP contribution in [0, 0.1) is 11.7 Å². The van der Waals surface area contributed by atoms with Gasteiger partial charge in [-0.2, -0.15) is 0 Å². The number of para-hydroxylation sites is 1. The number of hydrogen-bond donors (Lipinski definition) is 2. The van der Waals surface area contributed by atoms with Crippen molar-refractivity contribution in [2.45, 2.75) is 26.3 Å². The summed E-state index contributed by atoms with van der Waals surface area (Å²) >= 11 is 0. The molecule has 1 aliphatic heterocycles. The summed E-state index contributed by atoms with van der Waals surface area (Å²) in [4.78, 5) is 27.2. The van der Waals surface area contributed by atoms with Gasteiger partial charge in [0.05, 0.1) is 12.2 Å². The van der Waals surface area contributed by atoms with Crippen molar-refractivity contribution in [3.05, 3.63) is 30.1 Å². The van der Waals surface area contributed by atoms with Crippen LogP contribution in [-0.4, -0.2) is 60.6 Å². The van der Waals surface area contributed by atoms with E-state index in [1.54, 1.807) is 23.1 Å². The topological polar surface area (TPSA) is 72.9 Å². The van der Waals surface area contributed by atoms with E-state index in [4.69, 9.17) is 0 Å². The molecule has 25 heavy (non-hydrogen) atoms. The monoisotopic (exact) mass is 351 g/mol. The van der Waals surface area contributed by atoms with E-state index in [0.29, 0.717) is 31.9 Å². The number of anilines is 1. The summed E-state index contributed by atoms with van der Waals surface area (Å²) < 4.78 is 13.8. The molecule has 0 spiro atoms. The molecule has 0 radical (unpaired) electrons. The number of nitrogens with one attached hydrogen (secondary N) is 1. The normalized spacial score (nSPS) is 17.2. The lowest BCUT2D eigenvalue weighted by atomic mass is 9.99. The van der Waals surface area contributed by atoms with E-state index >= 15 is 0 Å². The van der Waals surface area contributed by atoms with Crippen molar-refractivity contribution in [1.29, 1.82) is 0 Å². The van der Waals surface area contributed by atoms with Crippen LogP contribution in [0.4, 0.5) is 10.1 Å². The highest BCUT2D eigenvalue weighted by atomic mass is 19.1. The first-order valence-corrected chi connectivity index (χ1v) is 8.67. The summed E-state index contributed by atoms with van der Waals surface area (Å²) in [6.45, 7) is 5.88. The van der Waals surface area contributed by atoms with E-state index in [0.717, 1.165) is 6.42 Å². The molecule has 1 saturated heterocycles. The molecule has 0 bridgehead atoms. The van der Waals surface area contributed by atoms with E-state index < -0.39 is 12.0 Å². The molecule has 1 aromatic carbocycles. The second kappa shape index (κ2) is 8.80. The fourth-order valence-electron chi connectivity index (χ4n) is 2.98. The molecule has 1 fully saturated rings. The Balaban J connectivity index is 1.85. The molecule has 7 heteroatoms. The minimum atomic E-state index is -0.938. The van der Waals surface area contributed by atoms with Gasteiger partial charge in [0.1, 0.15) is 11.9 Å². The zero-order chi connectivity index (χ0) is 18.4. The van der Waals surface area contributed by atoms with Gasteiger partial charge in [-0.05, 0) is 18.1 Å². The van der Waals surface area contributed by atoms with E-state index in [9.17, 15) is 19.1 Å². The standard InChI is InChI=1S/C18H26FN3O3/c1-3-13(2)17(18(24)25)20-12-16(23)22-10-8-21(9-11-22)15-7-5-4-6-14(15)19/h4-7,13,17,20H,3,8-12H2,1-2H3,(H,24,25)/t13-,17-/m0/s1. The van der Waals surface area contributed by atoms with E-state index in [2.05, 4.69) is 5.32 Å². The lowest BCUT2D eigenvalue weighted by Crippen LogP contribution is -2.53. The second-order valence-corrected chi connectivity index (χ2v) is 6.40. The lowest BCUT2D eigenvalue weighted by molar-refractivity contribution is -0.141. The Morgan fingerprint density at radius 1 is 1.24 bits per heavy atom. The average molecular weight is 351 g/mol. The number of aliphatic carboxylic acids is 1. The van der Waals surface area contributed by atoms with Crippen LogP contribution < -0.4 is 10.2 Å². The Kier molecular flexibility index (Phi) is 6.75. The van der Waals surface area contributed by atoms with Crippen LogP contribution >= 0.6 is 0 Å². The highest BCUT2D eigenvalue weighted by Gasteiger charge is 2.26. The predicted octanol–water partition coefficient (Wildman–Crippen LogP) is 1.56. The number of carbonyl (C=O) groups is 2. The largest absolute Gasteiger partial charge is 0.480 e. The van der Waals surface area contributed by atoms with Crippen molar-refractivity contribution in [1.82, 2.24) is 10.2 Å². The molecule has 2 N–H and O–H groups in total. The minimum Gasteiger partial charge on any atom is -0.480 e. The molecule has 0 aromatic heterocycles. The van der Waals surface area contributed by atoms with Gasteiger partial charge >= 0.3 is 5.97 Å². The second-order valence-electron chi connectivity index (χ2n) is 6.40. The number of piperazine rings is 1. The Labute approximate surface area is 147 Å². The molecular formula is C18H26FN3O3. The van der Waals surface area contributed by atoms with Gasteiger partial charge in [-0.25, -0.2) is 4.39 Å². The van der Waals surface area contributed by atoms with Gasteiger partial charge in [0.25, 0.3) is 0 Å². The molecular weight excluding hydrogens is 325 g/mol. The smallest absolute Gasteiger partial charge is 0.320 e. The van der Waals surface area contributed by atoms with E-state index in [-0.39, 0.29) is 24.2 Å². The molecule has 0 saturated carbocycles. The van der Waals surface area contributed by atoms with Crippen molar-refractivity contribution in [3.63, 3.8) is 0 Å². The number of benzene rings is 1. The van der Waals surface area contributed by atoms with Crippen molar-refractivity contribution in [2.75, 3.05) is 37.6 Å². The number of rotatable bonds is 7. The van der Waals surface area contributed by atoms with Gasteiger partial charge in [-0.3, -0.25) is 14.9 Å². The van der Waals surface area contributed by atoms with Crippen molar-refractivity contribution < 1.29 is 19.1 Å². The molecule has 2 atom stereocenters. The number of hydrogen-bond acceptors (Lipinski definition) is 4. The van der Waals surface area contributed by atoms with Crippen molar-refractivity contribution in [3.8, 4) is 0 Å². The lowest BCUT2D eigenvalue weighted by Gasteiger charge is -2.36. The molecule has 2 rings (SSSR count). The summed E-state index contributed by atoms with van der Waals surface area (Å²) in [5.41, 5.74) is 0.551. The first kappa shape index (κ1) is 19.2. The maximum atomic E-state index is 13.8. The summed E-state index contributed by atoms with van der Waals surface area (Å²) in [6.07, 6.45) is 0.722. The minimum absolute atomic E-state index is 0.000997. The maximum Gasteiger partial charge on any atom is 0.320 e. The maximum absolute atomic E-state index is 13.8. The fourth-order valence-corrected chi connectivity index (χ4v) is 2.98. The van der Waals surface area contributed by atoms with Gasteiger partial charge in [0, 0.05) is 26.2 Å². The van der Waals surface area contributed by atoms with E-state index in [1.807, 2.05) is 18.7 Å². The third-order valence-corrected chi connectivity index (χ3v) is 4.78. The molecule has 1 amide bonds. The Hall–Kier alpha value is -2.15. The number of carboxylic acid groups (broad SMARTS) is 1. The highest BCUT2D eigenvalue weighted by molar-refractivity contribution is 5.80. The van der Waals surface area contributed by atoms with Crippen LogP contribution in [0.25, 0.3) is 0 Å². The molecule has 6 nitrogen and oxygen atoms in total. The molecule has 0 aliphatic carbocycles. The number of amides is 1. The number of carbonyl (C=O) groups excluding carboxylic acids is 1.